The van der Waals surface area contributed by atoms with Gasteiger partial charge in [-0.2, -0.15) is 13.2 Å². The van der Waals surface area contributed by atoms with E-state index >= 15 is 0 Å². The molecular weight excluding hydrogens is 252 g/mol. The van der Waals surface area contributed by atoms with E-state index in [4.69, 9.17) is 16.3 Å². The van der Waals surface area contributed by atoms with E-state index in [9.17, 15) is 13.2 Å². The van der Waals surface area contributed by atoms with E-state index < -0.39 is 18.2 Å². The third-order valence-electron chi connectivity index (χ3n) is 1.30. The Labute approximate surface area is 91.6 Å². The van der Waals surface area contributed by atoms with Gasteiger partial charge in [0.15, 0.2) is 0 Å². The summed E-state index contributed by atoms with van der Waals surface area (Å²) in [6.07, 6.45) is -2.87. The summed E-state index contributed by atoms with van der Waals surface area (Å²) < 4.78 is 40.5. The fraction of sp³-hybridized carbons (Fsp3) is 1.00. The first-order valence-corrected chi connectivity index (χ1v) is 8.77. The summed E-state index contributed by atoms with van der Waals surface area (Å²) in [6, 6.07) is 0. The molecule has 14 heavy (non-hydrogen) atoms. The molecule has 1 unspecified atom stereocenters. The first-order chi connectivity index (χ1) is 6.33. The van der Waals surface area contributed by atoms with E-state index in [1.807, 2.05) is 6.92 Å². The fourth-order valence-corrected chi connectivity index (χ4v) is 5.01. The second kappa shape index (κ2) is 6.36. The van der Waals surface area contributed by atoms with Crippen LogP contribution in [0.4, 0.5) is 13.2 Å². The molecule has 86 valence electrons. The summed E-state index contributed by atoms with van der Waals surface area (Å²) >= 11 is 6.46. The highest BCUT2D eigenvalue weighted by Crippen LogP contribution is 2.60. The van der Waals surface area contributed by atoms with Gasteiger partial charge in [0.05, 0.1) is 0 Å². The summed E-state index contributed by atoms with van der Waals surface area (Å²) in [4.78, 5) is 0. The lowest BCUT2D eigenvalue weighted by atomic mass is 10.6. The zero-order chi connectivity index (χ0) is 11.2. The lowest BCUT2D eigenvalue weighted by Crippen LogP contribution is -2.15. The van der Waals surface area contributed by atoms with Gasteiger partial charge < -0.3 is 4.52 Å². The summed E-state index contributed by atoms with van der Waals surface area (Å²) in [5.41, 5.74) is -2.28. The maximum Gasteiger partial charge on any atom is 0.412 e. The molecule has 0 rings (SSSR count). The largest absolute Gasteiger partial charge is 0.412 e. The Balaban J connectivity index is 4.06. The summed E-state index contributed by atoms with van der Waals surface area (Å²) in [6.45, 7) is 2.53. The van der Waals surface area contributed by atoms with Crippen LogP contribution in [0.5, 0.6) is 0 Å². The van der Waals surface area contributed by atoms with Gasteiger partial charge in [0, 0.05) is 6.16 Å². The van der Waals surface area contributed by atoms with Crippen LogP contribution >= 0.6 is 16.8 Å². The first-order valence-electron chi connectivity index (χ1n) is 4.28. The summed E-state index contributed by atoms with van der Waals surface area (Å²) in [5, 5.41) is 0. The van der Waals surface area contributed by atoms with Crippen LogP contribution in [-0.4, -0.2) is 24.7 Å². The van der Waals surface area contributed by atoms with Crippen LogP contribution in [0.3, 0.4) is 0 Å². The molecule has 0 aromatic rings. The molecule has 0 saturated carbocycles. The standard InChI is InChI=1S/C7H14F3OPS2/c1-3-5-14-12(13,4-2)11-6-7(8,9)10/h3-6H2,1-2H3. The molecule has 0 saturated heterocycles. The SMILES string of the molecule is CCCSP(=S)(CC)OCC(F)(F)F. The van der Waals surface area contributed by atoms with Gasteiger partial charge in [-0.15, -0.1) is 0 Å². The maximum absolute atomic E-state index is 11.9. The van der Waals surface area contributed by atoms with E-state index in [-0.39, 0.29) is 0 Å². The zero-order valence-corrected chi connectivity index (χ0v) is 10.7. The third-order valence-corrected chi connectivity index (χ3v) is 8.44. The lowest BCUT2D eigenvalue weighted by Gasteiger charge is -2.20. The van der Waals surface area contributed by atoms with Gasteiger partial charge in [0.2, 0.25) is 0 Å². The molecule has 0 aromatic carbocycles. The molecule has 0 heterocycles. The van der Waals surface area contributed by atoms with E-state index in [0.717, 1.165) is 12.2 Å². The average Bonchev–Trinajstić information content (AvgIpc) is 2.10. The molecule has 0 aliphatic rings. The van der Waals surface area contributed by atoms with Crippen LogP contribution in [-0.2, 0) is 16.3 Å². The number of alkyl halides is 3. The van der Waals surface area contributed by atoms with Crippen molar-refractivity contribution in [2.45, 2.75) is 26.4 Å². The minimum atomic E-state index is -4.27. The van der Waals surface area contributed by atoms with Gasteiger partial charge in [-0.3, -0.25) is 0 Å². The van der Waals surface area contributed by atoms with Crippen molar-refractivity contribution in [1.82, 2.24) is 0 Å². The Hall–Kier alpha value is 0.750. The molecular formula is C7H14F3OPS2. The molecule has 0 amide bonds. The van der Waals surface area contributed by atoms with Crippen molar-refractivity contribution < 1.29 is 17.7 Å². The Kier molecular flexibility index (Phi) is 6.70. The van der Waals surface area contributed by atoms with Crippen molar-refractivity contribution in [1.29, 1.82) is 0 Å². The molecule has 1 nitrogen and oxygen atoms in total. The van der Waals surface area contributed by atoms with E-state index in [0.29, 0.717) is 6.16 Å². The van der Waals surface area contributed by atoms with Crippen LogP contribution in [0.15, 0.2) is 0 Å². The molecule has 0 bridgehead atoms. The molecule has 7 heteroatoms. The Morgan fingerprint density at radius 2 is 1.93 bits per heavy atom. The van der Waals surface area contributed by atoms with Crippen LogP contribution in [0.1, 0.15) is 20.3 Å². The Bertz CT molecular complexity index is 208. The fourth-order valence-electron chi connectivity index (χ4n) is 0.622. The predicted molar refractivity (Wildman–Crippen MR) is 59.6 cm³/mol. The summed E-state index contributed by atoms with van der Waals surface area (Å²) in [5.74, 6) is 0.767. The molecule has 0 fully saturated rings. The molecule has 0 aromatic heterocycles. The van der Waals surface area contributed by atoms with Gasteiger partial charge >= 0.3 is 6.18 Å². The summed E-state index contributed by atoms with van der Waals surface area (Å²) in [7, 11) is 0. The monoisotopic (exact) mass is 266 g/mol. The molecule has 0 aliphatic carbocycles. The molecule has 0 aliphatic heterocycles. The minimum Gasteiger partial charge on any atom is -0.332 e. The molecule has 0 radical (unpaired) electrons. The maximum atomic E-state index is 11.9. The smallest absolute Gasteiger partial charge is 0.332 e. The van der Waals surface area contributed by atoms with E-state index in [1.165, 1.54) is 11.4 Å². The van der Waals surface area contributed by atoms with Crippen molar-refractivity contribution in [2.24, 2.45) is 0 Å². The lowest BCUT2D eigenvalue weighted by molar-refractivity contribution is -0.151. The molecule has 0 N–H and O–H groups in total. The highest BCUT2D eigenvalue weighted by Gasteiger charge is 2.31. The van der Waals surface area contributed by atoms with Gasteiger partial charge in [-0.05, 0) is 12.2 Å². The van der Waals surface area contributed by atoms with Crippen LogP contribution < -0.4 is 0 Å². The zero-order valence-electron chi connectivity index (χ0n) is 8.13. The molecule has 1 atom stereocenters. The molecule has 0 spiro atoms. The first kappa shape index (κ1) is 14.8. The highest BCUT2D eigenvalue weighted by molar-refractivity contribution is 8.69. The normalized spacial score (nSPS) is 16.6. The third kappa shape index (κ3) is 7.10. The predicted octanol–water partition coefficient (Wildman–Crippen LogP) is 4.04. The number of hydrogen-bond donors (Lipinski definition) is 0. The van der Waals surface area contributed by atoms with Gasteiger partial charge in [-0.1, -0.05) is 37.0 Å². The van der Waals surface area contributed by atoms with E-state index in [2.05, 4.69) is 0 Å². The second-order valence-electron chi connectivity index (χ2n) is 2.65. The van der Waals surface area contributed by atoms with Crippen molar-refractivity contribution in [2.75, 3.05) is 18.5 Å². The minimum absolute atomic E-state index is 0.503. The van der Waals surface area contributed by atoms with Gasteiger partial charge in [0.1, 0.15) is 12.1 Å². The van der Waals surface area contributed by atoms with Gasteiger partial charge in [0.25, 0.3) is 0 Å². The number of rotatable bonds is 6. The number of hydrogen-bond acceptors (Lipinski definition) is 3. The Morgan fingerprint density at radius 3 is 2.29 bits per heavy atom. The van der Waals surface area contributed by atoms with Crippen molar-refractivity contribution in [3.63, 3.8) is 0 Å². The van der Waals surface area contributed by atoms with Crippen molar-refractivity contribution >= 4 is 28.7 Å². The highest BCUT2D eigenvalue weighted by atomic mass is 32.9. The van der Waals surface area contributed by atoms with Crippen molar-refractivity contribution in [3.8, 4) is 0 Å². The average molecular weight is 266 g/mol. The van der Waals surface area contributed by atoms with Gasteiger partial charge in [-0.25, -0.2) is 0 Å². The van der Waals surface area contributed by atoms with Crippen molar-refractivity contribution in [3.05, 3.63) is 0 Å². The van der Waals surface area contributed by atoms with Crippen LogP contribution in [0.25, 0.3) is 0 Å². The van der Waals surface area contributed by atoms with Crippen LogP contribution in [0.2, 0.25) is 0 Å². The number of halogens is 3. The topological polar surface area (TPSA) is 9.23 Å². The quantitative estimate of drug-likeness (QED) is 0.671. The van der Waals surface area contributed by atoms with E-state index in [1.54, 1.807) is 6.92 Å². The second-order valence-corrected chi connectivity index (χ2v) is 10.4. The van der Waals surface area contributed by atoms with Crippen LogP contribution in [0, 0.1) is 0 Å². The Morgan fingerprint density at radius 1 is 1.36 bits per heavy atom.